The Labute approximate surface area is 145 Å². The van der Waals surface area contributed by atoms with Gasteiger partial charge in [0.1, 0.15) is 0 Å². The first-order valence-electron chi connectivity index (χ1n) is 8.69. The standard InChI is InChI=1S/C21H20F3N/c22-21(23,24)18-8-6-16(7-9-18)17-12-19-10-11-20(13-17)25(19)14-15-4-2-1-3-5-15/h1-9,12,19-20H,10-11,13-14H2. The van der Waals surface area contributed by atoms with Crippen LogP contribution in [0.5, 0.6) is 0 Å². The summed E-state index contributed by atoms with van der Waals surface area (Å²) >= 11 is 0. The van der Waals surface area contributed by atoms with Crippen molar-refractivity contribution in [2.75, 3.05) is 0 Å². The van der Waals surface area contributed by atoms with Crippen molar-refractivity contribution >= 4 is 5.57 Å². The largest absolute Gasteiger partial charge is 0.416 e. The Hall–Kier alpha value is -2.07. The van der Waals surface area contributed by atoms with E-state index in [4.69, 9.17) is 0 Å². The van der Waals surface area contributed by atoms with Gasteiger partial charge in [-0.2, -0.15) is 13.2 Å². The highest BCUT2D eigenvalue weighted by atomic mass is 19.4. The van der Waals surface area contributed by atoms with Gasteiger partial charge in [-0.15, -0.1) is 0 Å². The third-order valence-electron chi connectivity index (χ3n) is 5.33. The maximum absolute atomic E-state index is 12.7. The highest BCUT2D eigenvalue weighted by molar-refractivity contribution is 5.68. The number of benzene rings is 2. The van der Waals surface area contributed by atoms with Gasteiger partial charge in [-0.1, -0.05) is 48.5 Å². The normalized spacial score (nSPS) is 23.6. The molecule has 2 heterocycles. The number of hydrogen-bond acceptors (Lipinski definition) is 1. The second kappa shape index (κ2) is 6.34. The zero-order valence-corrected chi connectivity index (χ0v) is 13.8. The fourth-order valence-corrected chi connectivity index (χ4v) is 4.05. The van der Waals surface area contributed by atoms with Crippen LogP contribution in [-0.4, -0.2) is 17.0 Å². The van der Waals surface area contributed by atoms with Crippen molar-refractivity contribution < 1.29 is 13.2 Å². The van der Waals surface area contributed by atoms with Gasteiger partial charge >= 0.3 is 6.18 Å². The number of hydrogen-bond donors (Lipinski definition) is 0. The van der Waals surface area contributed by atoms with Crippen LogP contribution in [0.15, 0.2) is 60.7 Å². The summed E-state index contributed by atoms with van der Waals surface area (Å²) in [5.74, 6) is 0. The lowest BCUT2D eigenvalue weighted by atomic mass is 9.93. The van der Waals surface area contributed by atoms with Gasteiger partial charge in [-0.05, 0) is 48.1 Å². The Morgan fingerprint density at radius 3 is 2.28 bits per heavy atom. The fraction of sp³-hybridized carbons (Fsp3) is 0.333. The molecule has 4 heteroatoms. The number of halogens is 3. The Morgan fingerprint density at radius 1 is 0.920 bits per heavy atom. The third-order valence-corrected chi connectivity index (χ3v) is 5.33. The molecule has 0 radical (unpaired) electrons. The van der Waals surface area contributed by atoms with Gasteiger partial charge in [0, 0.05) is 18.6 Å². The molecule has 130 valence electrons. The van der Waals surface area contributed by atoms with Crippen LogP contribution in [-0.2, 0) is 12.7 Å². The molecule has 2 aliphatic heterocycles. The van der Waals surface area contributed by atoms with Crippen LogP contribution in [0.3, 0.4) is 0 Å². The van der Waals surface area contributed by atoms with Gasteiger partial charge in [0.05, 0.1) is 5.56 Å². The second-order valence-corrected chi connectivity index (χ2v) is 6.93. The molecule has 2 bridgehead atoms. The molecule has 2 aliphatic rings. The number of alkyl halides is 3. The summed E-state index contributed by atoms with van der Waals surface area (Å²) in [4.78, 5) is 2.53. The highest BCUT2D eigenvalue weighted by Crippen LogP contribution is 2.40. The third kappa shape index (κ3) is 3.36. The average molecular weight is 343 g/mol. The molecule has 2 atom stereocenters. The molecule has 0 spiro atoms. The first-order valence-corrected chi connectivity index (χ1v) is 8.69. The quantitative estimate of drug-likeness (QED) is 0.709. The Balaban J connectivity index is 1.53. The van der Waals surface area contributed by atoms with Gasteiger partial charge in [0.15, 0.2) is 0 Å². The van der Waals surface area contributed by atoms with Crippen LogP contribution in [0.25, 0.3) is 5.57 Å². The molecule has 0 aromatic heterocycles. The number of rotatable bonds is 3. The summed E-state index contributed by atoms with van der Waals surface area (Å²) < 4.78 is 38.2. The number of fused-ring (bicyclic) bond motifs is 2. The molecular formula is C21H20F3N. The zero-order chi connectivity index (χ0) is 17.4. The first-order chi connectivity index (χ1) is 12.0. The molecule has 4 rings (SSSR count). The van der Waals surface area contributed by atoms with Crippen LogP contribution in [0.4, 0.5) is 13.2 Å². The van der Waals surface area contributed by atoms with Crippen LogP contribution in [0.2, 0.25) is 0 Å². The Kier molecular flexibility index (Phi) is 4.16. The first kappa shape index (κ1) is 16.4. The van der Waals surface area contributed by atoms with Crippen LogP contribution in [0, 0.1) is 0 Å². The van der Waals surface area contributed by atoms with E-state index in [1.807, 2.05) is 6.07 Å². The van der Waals surface area contributed by atoms with Crippen LogP contribution >= 0.6 is 0 Å². The van der Waals surface area contributed by atoms with E-state index in [2.05, 4.69) is 35.2 Å². The summed E-state index contributed by atoms with van der Waals surface area (Å²) in [6.45, 7) is 0.937. The summed E-state index contributed by atoms with van der Waals surface area (Å²) in [6.07, 6.45) is 1.18. The van der Waals surface area contributed by atoms with Gasteiger partial charge < -0.3 is 0 Å². The smallest absolute Gasteiger partial charge is 0.289 e. The molecule has 0 N–H and O–H groups in total. The zero-order valence-electron chi connectivity index (χ0n) is 13.8. The molecule has 2 unspecified atom stereocenters. The van der Waals surface area contributed by atoms with Crippen molar-refractivity contribution in [3.8, 4) is 0 Å². The maximum atomic E-state index is 12.7. The van der Waals surface area contributed by atoms with Crippen molar-refractivity contribution in [1.82, 2.24) is 4.90 Å². The molecule has 25 heavy (non-hydrogen) atoms. The minimum atomic E-state index is -4.27. The summed E-state index contributed by atoms with van der Waals surface area (Å²) in [7, 11) is 0. The van der Waals surface area contributed by atoms with E-state index in [0.717, 1.165) is 31.4 Å². The van der Waals surface area contributed by atoms with Gasteiger partial charge in [0.2, 0.25) is 0 Å². The van der Waals surface area contributed by atoms with E-state index < -0.39 is 11.7 Å². The van der Waals surface area contributed by atoms with E-state index in [1.165, 1.54) is 23.3 Å². The monoisotopic (exact) mass is 343 g/mol. The fourth-order valence-electron chi connectivity index (χ4n) is 4.05. The molecule has 2 aromatic rings. The topological polar surface area (TPSA) is 3.24 Å². The van der Waals surface area contributed by atoms with Crippen LogP contribution in [0.1, 0.15) is 36.0 Å². The van der Waals surface area contributed by atoms with Crippen molar-refractivity contribution in [1.29, 1.82) is 0 Å². The van der Waals surface area contributed by atoms with E-state index in [0.29, 0.717) is 12.1 Å². The van der Waals surface area contributed by atoms with Crippen molar-refractivity contribution in [2.24, 2.45) is 0 Å². The molecule has 1 nitrogen and oxygen atoms in total. The van der Waals surface area contributed by atoms with E-state index >= 15 is 0 Å². The molecule has 1 saturated heterocycles. The van der Waals surface area contributed by atoms with Crippen molar-refractivity contribution in [3.63, 3.8) is 0 Å². The number of nitrogens with zero attached hydrogens (tertiary/aromatic N) is 1. The predicted octanol–water partition coefficient (Wildman–Crippen LogP) is 5.53. The van der Waals surface area contributed by atoms with Gasteiger partial charge in [-0.25, -0.2) is 0 Å². The molecule has 0 amide bonds. The van der Waals surface area contributed by atoms with Gasteiger partial charge in [-0.3, -0.25) is 4.90 Å². The summed E-state index contributed by atoms with van der Waals surface area (Å²) in [6, 6.07) is 16.9. The van der Waals surface area contributed by atoms with E-state index in [1.54, 1.807) is 12.1 Å². The summed E-state index contributed by atoms with van der Waals surface area (Å²) in [5, 5.41) is 0. The maximum Gasteiger partial charge on any atom is 0.416 e. The van der Waals surface area contributed by atoms with E-state index in [9.17, 15) is 13.2 Å². The predicted molar refractivity (Wildman–Crippen MR) is 92.8 cm³/mol. The second-order valence-electron chi connectivity index (χ2n) is 6.93. The van der Waals surface area contributed by atoms with Gasteiger partial charge in [0.25, 0.3) is 0 Å². The highest BCUT2D eigenvalue weighted by Gasteiger charge is 2.36. The lowest BCUT2D eigenvalue weighted by molar-refractivity contribution is -0.137. The minimum Gasteiger partial charge on any atom is -0.289 e. The van der Waals surface area contributed by atoms with E-state index in [-0.39, 0.29) is 0 Å². The lowest BCUT2D eigenvalue weighted by Crippen LogP contribution is -2.37. The summed E-state index contributed by atoms with van der Waals surface area (Å²) in [5.41, 5.74) is 2.84. The van der Waals surface area contributed by atoms with Crippen molar-refractivity contribution in [2.45, 2.75) is 44.1 Å². The minimum absolute atomic E-state index is 0.385. The molecule has 1 fully saturated rings. The molecule has 0 aliphatic carbocycles. The SMILES string of the molecule is FC(F)(F)c1ccc(C2=CC3CCC(C2)N3Cc2ccccc2)cc1. The molecule has 0 saturated carbocycles. The van der Waals surface area contributed by atoms with Crippen LogP contribution < -0.4 is 0 Å². The lowest BCUT2D eigenvalue weighted by Gasteiger charge is -2.34. The Morgan fingerprint density at radius 2 is 1.64 bits per heavy atom. The van der Waals surface area contributed by atoms with Crippen molar-refractivity contribution in [3.05, 3.63) is 77.4 Å². The Bertz CT molecular complexity index is 762. The average Bonchev–Trinajstić information content (AvgIpc) is 2.83. The molecular weight excluding hydrogens is 323 g/mol. The molecule has 2 aromatic carbocycles.